The maximum Gasteiger partial charge on any atom is 0.306 e. The van der Waals surface area contributed by atoms with Crippen molar-refractivity contribution in [1.82, 2.24) is 0 Å². The lowest BCUT2D eigenvalue weighted by Gasteiger charge is -2.39. The molecule has 1 fully saturated rings. The minimum Gasteiger partial charge on any atom is -0.457 e. The normalized spacial score (nSPS) is 19.7. The van der Waals surface area contributed by atoms with Gasteiger partial charge in [-0.05, 0) is 12.8 Å². The van der Waals surface area contributed by atoms with Gasteiger partial charge in [0.25, 0.3) is 0 Å². The maximum absolute atomic E-state index is 12.8. The molecule has 0 aromatic carbocycles. The van der Waals surface area contributed by atoms with Gasteiger partial charge in [-0.25, -0.2) is 0 Å². The van der Waals surface area contributed by atoms with Gasteiger partial charge in [-0.1, -0.05) is 245 Å². The summed E-state index contributed by atoms with van der Waals surface area (Å²) in [6, 6.07) is 0. The van der Waals surface area contributed by atoms with Crippen molar-refractivity contribution < 1.29 is 44.2 Å². The van der Waals surface area contributed by atoms with E-state index in [-0.39, 0.29) is 19.2 Å². The Hall–Kier alpha value is -0.810. The van der Waals surface area contributed by atoms with E-state index in [4.69, 9.17) is 18.9 Å². The van der Waals surface area contributed by atoms with Crippen LogP contribution >= 0.6 is 0 Å². The first-order chi connectivity index (χ1) is 29.9. The van der Waals surface area contributed by atoms with Crippen LogP contribution in [0.1, 0.15) is 264 Å². The molecule has 61 heavy (non-hydrogen) atoms. The summed E-state index contributed by atoms with van der Waals surface area (Å²) in [4.78, 5) is 12.8. The summed E-state index contributed by atoms with van der Waals surface area (Å²) in [5, 5.41) is 40.2. The van der Waals surface area contributed by atoms with Gasteiger partial charge < -0.3 is 39.4 Å². The van der Waals surface area contributed by atoms with Gasteiger partial charge in [0.1, 0.15) is 30.5 Å². The second-order valence-corrected chi connectivity index (χ2v) is 18.7. The lowest BCUT2D eigenvalue weighted by atomic mass is 9.99. The second kappa shape index (κ2) is 44.4. The number of hydrogen-bond acceptors (Lipinski definition) is 9. The standard InChI is InChI=1S/C52H102O9/c1-3-5-7-9-11-13-15-17-19-20-21-22-23-24-25-26-27-28-30-32-34-36-38-40-42-58-44-46(45-59-52-51(57)50(56)49(55)47(43-53)61-52)60-48(54)41-39-37-35-33-31-29-18-16-14-12-10-8-6-4-2/h46-47,49-53,55-57H,3-45H2,1-2H3. The van der Waals surface area contributed by atoms with Crippen molar-refractivity contribution in [1.29, 1.82) is 0 Å². The van der Waals surface area contributed by atoms with Gasteiger partial charge in [-0.15, -0.1) is 0 Å². The van der Waals surface area contributed by atoms with Crippen LogP contribution in [0.3, 0.4) is 0 Å². The molecule has 6 unspecified atom stereocenters. The fraction of sp³-hybridized carbons (Fsp3) is 0.981. The minimum atomic E-state index is -1.53. The number of unbranched alkanes of at least 4 members (excludes halogenated alkanes) is 36. The van der Waals surface area contributed by atoms with Crippen LogP contribution in [-0.4, -0.2) is 89.6 Å². The SMILES string of the molecule is CCCCCCCCCCCCCCCCCCCCCCCCCCOCC(COC1OC(CO)C(O)C(O)C1O)OC(=O)CCCCCCCCCCCCCCCC. The van der Waals surface area contributed by atoms with E-state index >= 15 is 0 Å². The van der Waals surface area contributed by atoms with E-state index in [0.717, 1.165) is 32.1 Å². The maximum atomic E-state index is 12.8. The molecular formula is C52H102O9. The van der Waals surface area contributed by atoms with E-state index in [9.17, 15) is 25.2 Å². The molecule has 0 aromatic rings. The molecule has 0 saturated carbocycles. The van der Waals surface area contributed by atoms with E-state index in [1.54, 1.807) is 0 Å². The zero-order valence-electron chi connectivity index (χ0n) is 40.2. The number of hydrogen-bond donors (Lipinski definition) is 4. The number of aliphatic hydroxyl groups is 4. The zero-order chi connectivity index (χ0) is 44.3. The summed E-state index contributed by atoms with van der Waals surface area (Å²) >= 11 is 0. The van der Waals surface area contributed by atoms with Crippen molar-refractivity contribution in [3.05, 3.63) is 0 Å². The topological polar surface area (TPSA) is 135 Å². The number of esters is 1. The monoisotopic (exact) mass is 871 g/mol. The molecule has 1 aliphatic heterocycles. The summed E-state index contributed by atoms with van der Waals surface area (Å²) in [6.07, 6.45) is 42.9. The minimum absolute atomic E-state index is 0.105. The van der Waals surface area contributed by atoms with Crippen molar-refractivity contribution >= 4 is 5.97 Å². The van der Waals surface area contributed by atoms with Gasteiger partial charge in [-0.2, -0.15) is 0 Å². The van der Waals surface area contributed by atoms with Gasteiger partial charge in [0.2, 0.25) is 0 Å². The highest BCUT2D eigenvalue weighted by Crippen LogP contribution is 2.23. The molecule has 0 radical (unpaired) electrons. The fourth-order valence-electron chi connectivity index (χ4n) is 8.61. The van der Waals surface area contributed by atoms with E-state index in [0.29, 0.717) is 13.0 Å². The quantitative estimate of drug-likeness (QED) is 0.0348. The third kappa shape index (κ3) is 35.2. The van der Waals surface area contributed by atoms with Crippen molar-refractivity contribution in [3.63, 3.8) is 0 Å². The molecule has 9 nitrogen and oxygen atoms in total. The van der Waals surface area contributed by atoms with E-state index < -0.39 is 43.4 Å². The largest absolute Gasteiger partial charge is 0.457 e. The van der Waals surface area contributed by atoms with Crippen LogP contribution in [0.4, 0.5) is 0 Å². The Balaban J connectivity index is 2.13. The van der Waals surface area contributed by atoms with Crippen molar-refractivity contribution in [2.75, 3.05) is 26.4 Å². The molecule has 364 valence electrons. The Morgan fingerprint density at radius 2 is 0.803 bits per heavy atom. The Morgan fingerprint density at radius 1 is 0.459 bits per heavy atom. The summed E-state index contributed by atoms with van der Waals surface area (Å²) in [6.45, 7) is 4.63. The van der Waals surface area contributed by atoms with Gasteiger partial charge in [0.05, 0.1) is 19.8 Å². The average Bonchev–Trinajstić information content (AvgIpc) is 3.26. The Kier molecular flexibility index (Phi) is 42.4. The first-order valence-electron chi connectivity index (χ1n) is 26.6. The lowest BCUT2D eigenvalue weighted by molar-refractivity contribution is -0.305. The molecule has 0 bridgehead atoms. The summed E-state index contributed by atoms with van der Waals surface area (Å²) in [7, 11) is 0. The van der Waals surface area contributed by atoms with E-state index in [2.05, 4.69) is 13.8 Å². The molecule has 1 heterocycles. The first-order valence-corrected chi connectivity index (χ1v) is 26.6. The van der Waals surface area contributed by atoms with Crippen LogP contribution in [0.2, 0.25) is 0 Å². The van der Waals surface area contributed by atoms with Crippen LogP contribution < -0.4 is 0 Å². The average molecular weight is 871 g/mol. The molecular weight excluding hydrogens is 769 g/mol. The van der Waals surface area contributed by atoms with Gasteiger partial charge >= 0.3 is 5.97 Å². The highest BCUT2D eigenvalue weighted by molar-refractivity contribution is 5.69. The van der Waals surface area contributed by atoms with Crippen molar-refractivity contribution in [2.45, 2.75) is 301 Å². The molecule has 0 spiro atoms. The van der Waals surface area contributed by atoms with Crippen LogP contribution in [0.25, 0.3) is 0 Å². The summed E-state index contributed by atoms with van der Waals surface area (Å²) in [5.41, 5.74) is 0. The van der Waals surface area contributed by atoms with E-state index in [1.807, 2.05) is 0 Å². The van der Waals surface area contributed by atoms with Crippen LogP contribution in [0.5, 0.6) is 0 Å². The number of carbonyl (C=O) groups excluding carboxylic acids is 1. The van der Waals surface area contributed by atoms with Crippen molar-refractivity contribution in [3.8, 4) is 0 Å². The third-order valence-corrected chi connectivity index (χ3v) is 12.8. The molecule has 0 aromatic heterocycles. The van der Waals surface area contributed by atoms with E-state index in [1.165, 1.54) is 212 Å². The highest BCUT2D eigenvalue weighted by atomic mass is 16.7. The van der Waals surface area contributed by atoms with Crippen LogP contribution in [-0.2, 0) is 23.7 Å². The van der Waals surface area contributed by atoms with Crippen LogP contribution in [0.15, 0.2) is 0 Å². The Morgan fingerprint density at radius 3 is 1.16 bits per heavy atom. The molecule has 1 rings (SSSR count). The predicted molar refractivity (Wildman–Crippen MR) is 252 cm³/mol. The van der Waals surface area contributed by atoms with Gasteiger partial charge in [0, 0.05) is 13.0 Å². The third-order valence-electron chi connectivity index (χ3n) is 12.8. The number of aliphatic hydroxyl groups excluding tert-OH is 4. The summed E-state index contributed by atoms with van der Waals surface area (Å²) in [5.74, 6) is -0.306. The second-order valence-electron chi connectivity index (χ2n) is 18.7. The molecule has 6 atom stereocenters. The lowest BCUT2D eigenvalue weighted by Crippen LogP contribution is -2.59. The molecule has 9 heteroatoms. The smallest absolute Gasteiger partial charge is 0.306 e. The van der Waals surface area contributed by atoms with Gasteiger partial charge in [0.15, 0.2) is 6.29 Å². The molecule has 1 aliphatic rings. The van der Waals surface area contributed by atoms with Crippen molar-refractivity contribution in [2.24, 2.45) is 0 Å². The molecule has 0 amide bonds. The molecule has 1 saturated heterocycles. The fourth-order valence-corrected chi connectivity index (χ4v) is 8.61. The summed E-state index contributed by atoms with van der Waals surface area (Å²) < 4.78 is 22.9. The molecule has 4 N–H and O–H groups in total. The molecule has 0 aliphatic carbocycles. The Bertz CT molecular complexity index is 904. The zero-order valence-corrected chi connectivity index (χ0v) is 40.2. The Labute approximate surface area is 376 Å². The number of ether oxygens (including phenoxy) is 4. The number of rotatable bonds is 47. The first kappa shape index (κ1) is 58.2. The highest BCUT2D eigenvalue weighted by Gasteiger charge is 2.44. The predicted octanol–water partition coefficient (Wildman–Crippen LogP) is 13.0. The number of carbonyl (C=O) groups is 1. The van der Waals surface area contributed by atoms with Crippen LogP contribution in [0, 0.1) is 0 Å². The van der Waals surface area contributed by atoms with Gasteiger partial charge in [-0.3, -0.25) is 4.79 Å².